The van der Waals surface area contributed by atoms with Crippen molar-refractivity contribution in [3.63, 3.8) is 0 Å². The summed E-state index contributed by atoms with van der Waals surface area (Å²) in [6, 6.07) is 9.68. The Morgan fingerprint density at radius 2 is 1.70 bits per heavy atom. The fourth-order valence-corrected chi connectivity index (χ4v) is 1.68. The lowest BCUT2D eigenvalue weighted by Crippen LogP contribution is -2.25. The van der Waals surface area contributed by atoms with Gasteiger partial charge in [0, 0.05) is 6.54 Å². The van der Waals surface area contributed by atoms with Crippen molar-refractivity contribution in [1.82, 2.24) is 19.9 Å². The predicted molar refractivity (Wildman–Crippen MR) is 76.9 cm³/mol. The lowest BCUT2D eigenvalue weighted by atomic mass is 10.3. The van der Waals surface area contributed by atoms with Gasteiger partial charge >= 0.3 is 0 Å². The quantitative estimate of drug-likeness (QED) is 0.792. The number of anilines is 2. The Morgan fingerprint density at radius 1 is 1.05 bits per heavy atom. The van der Waals surface area contributed by atoms with Crippen molar-refractivity contribution in [2.75, 3.05) is 31.7 Å². The Kier molecular flexibility index (Phi) is 4.67. The van der Waals surface area contributed by atoms with Crippen LogP contribution in [0.2, 0.25) is 0 Å². The largest absolute Gasteiger partial charge is 0.492 e. The fraction of sp³-hybridized carbons (Fsp3) is 0.308. The summed E-state index contributed by atoms with van der Waals surface area (Å²) in [5.41, 5.74) is 11.1. The molecule has 2 rings (SSSR count). The molecule has 0 radical (unpaired) electrons. The van der Waals surface area contributed by atoms with Gasteiger partial charge in [-0.2, -0.15) is 15.0 Å². The number of ether oxygens (including phenoxy) is 1. The highest BCUT2D eigenvalue weighted by atomic mass is 16.5. The third-order valence-corrected chi connectivity index (χ3v) is 2.61. The van der Waals surface area contributed by atoms with Crippen LogP contribution in [0.4, 0.5) is 11.9 Å². The molecule has 4 N–H and O–H groups in total. The topological polar surface area (TPSA) is 103 Å². The van der Waals surface area contributed by atoms with E-state index in [1.54, 1.807) is 0 Å². The minimum atomic E-state index is 0.140. The van der Waals surface area contributed by atoms with Crippen molar-refractivity contribution in [1.29, 1.82) is 0 Å². The minimum Gasteiger partial charge on any atom is -0.492 e. The summed E-state index contributed by atoms with van der Waals surface area (Å²) in [6.07, 6.45) is 0. The van der Waals surface area contributed by atoms with Crippen molar-refractivity contribution in [2.24, 2.45) is 0 Å². The second kappa shape index (κ2) is 6.67. The summed E-state index contributed by atoms with van der Waals surface area (Å²) in [7, 11) is 1.95. The second-order valence-electron chi connectivity index (χ2n) is 4.37. The van der Waals surface area contributed by atoms with Gasteiger partial charge in [-0.15, -0.1) is 0 Å². The van der Waals surface area contributed by atoms with Gasteiger partial charge in [-0.3, -0.25) is 4.90 Å². The Labute approximate surface area is 117 Å². The van der Waals surface area contributed by atoms with Crippen LogP contribution < -0.4 is 16.2 Å². The molecular weight excluding hydrogens is 256 g/mol. The maximum Gasteiger partial charge on any atom is 0.225 e. The monoisotopic (exact) mass is 274 g/mol. The number of nitrogen functional groups attached to an aromatic ring is 2. The first kappa shape index (κ1) is 14.0. The van der Waals surface area contributed by atoms with Crippen LogP contribution in [0.3, 0.4) is 0 Å². The molecule has 1 aromatic carbocycles. The number of hydrogen-bond acceptors (Lipinski definition) is 7. The van der Waals surface area contributed by atoms with Crippen molar-refractivity contribution in [3.05, 3.63) is 36.2 Å². The normalized spacial score (nSPS) is 10.7. The first-order chi connectivity index (χ1) is 9.63. The zero-order chi connectivity index (χ0) is 14.4. The highest BCUT2D eigenvalue weighted by molar-refractivity contribution is 5.25. The van der Waals surface area contributed by atoms with E-state index in [9.17, 15) is 0 Å². The highest BCUT2D eigenvalue weighted by Crippen LogP contribution is 2.08. The number of rotatable bonds is 6. The zero-order valence-electron chi connectivity index (χ0n) is 11.4. The molecule has 0 unspecified atom stereocenters. The van der Waals surface area contributed by atoms with Crippen molar-refractivity contribution >= 4 is 11.9 Å². The third kappa shape index (κ3) is 4.36. The number of hydrogen-bond donors (Lipinski definition) is 2. The number of nitrogens with zero attached hydrogens (tertiary/aromatic N) is 4. The summed E-state index contributed by atoms with van der Waals surface area (Å²) in [5, 5.41) is 0. The van der Waals surface area contributed by atoms with E-state index in [2.05, 4.69) is 15.0 Å². The molecule has 2 aromatic rings. The van der Waals surface area contributed by atoms with Gasteiger partial charge in [0.15, 0.2) is 0 Å². The van der Waals surface area contributed by atoms with Crippen LogP contribution in [-0.2, 0) is 6.54 Å². The molecule has 1 heterocycles. The van der Waals surface area contributed by atoms with Crippen LogP contribution in [0.1, 0.15) is 5.82 Å². The fourth-order valence-electron chi connectivity index (χ4n) is 1.68. The van der Waals surface area contributed by atoms with Crippen molar-refractivity contribution < 1.29 is 4.74 Å². The molecule has 0 bridgehead atoms. The van der Waals surface area contributed by atoms with Gasteiger partial charge in [-0.1, -0.05) is 18.2 Å². The van der Waals surface area contributed by atoms with E-state index in [4.69, 9.17) is 16.2 Å². The van der Waals surface area contributed by atoms with Crippen LogP contribution in [0.5, 0.6) is 5.75 Å². The molecule has 0 aliphatic heterocycles. The van der Waals surface area contributed by atoms with Crippen molar-refractivity contribution in [3.8, 4) is 5.75 Å². The van der Waals surface area contributed by atoms with Crippen LogP contribution in [0, 0.1) is 0 Å². The molecule has 0 fully saturated rings. The molecule has 0 spiro atoms. The lowest BCUT2D eigenvalue weighted by Gasteiger charge is -2.16. The van der Waals surface area contributed by atoms with Crippen LogP contribution in [0.15, 0.2) is 30.3 Å². The molecule has 0 saturated carbocycles. The Hall–Kier alpha value is -2.41. The first-order valence-corrected chi connectivity index (χ1v) is 6.26. The summed E-state index contributed by atoms with van der Waals surface area (Å²) in [5.74, 6) is 1.69. The number of benzene rings is 1. The first-order valence-electron chi connectivity index (χ1n) is 6.26. The molecule has 7 heteroatoms. The summed E-state index contributed by atoms with van der Waals surface area (Å²) in [6.45, 7) is 1.85. The molecule has 0 aliphatic carbocycles. The minimum absolute atomic E-state index is 0.140. The number of aromatic nitrogens is 3. The van der Waals surface area contributed by atoms with Gasteiger partial charge in [-0.25, -0.2) is 0 Å². The molecule has 20 heavy (non-hydrogen) atoms. The summed E-state index contributed by atoms with van der Waals surface area (Å²) < 4.78 is 5.62. The van der Waals surface area contributed by atoms with Gasteiger partial charge in [0.1, 0.15) is 18.2 Å². The smallest absolute Gasteiger partial charge is 0.225 e. The van der Waals surface area contributed by atoms with Gasteiger partial charge in [0.25, 0.3) is 0 Å². The van der Waals surface area contributed by atoms with Crippen LogP contribution in [-0.4, -0.2) is 40.1 Å². The average molecular weight is 274 g/mol. The van der Waals surface area contributed by atoms with E-state index >= 15 is 0 Å². The molecule has 1 aromatic heterocycles. The molecule has 0 atom stereocenters. The van der Waals surface area contributed by atoms with E-state index in [1.807, 2.05) is 42.3 Å². The molecule has 0 saturated heterocycles. The van der Waals surface area contributed by atoms with E-state index in [-0.39, 0.29) is 11.9 Å². The maximum absolute atomic E-state index is 5.62. The second-order valence-corrected chi connectivity index (χ2v) is 4.37. The van der Waals surface area contributed by atoms with Gasteiger partial charge in [0.05, 0.1) is 6.54 Å². The Bertz CT molecular complexity index is 528. The Morgan fingerprint density at radius 3 is 2.35 bits per heavy atom. The maximum atomic E-state index is 5.62. The number of likely N-dealkylation sites (N-methyl/N-ethyl adjacent to an activating group) is 1. The van der Waals surface area contributed by atoms with Gasteiger partial charge in [0.2, 0.25) is 11.9 Å². The summed E-state index contributed by atoms with van der Waals surface area (Å²) in [4.78, 5) is 13.8. The molecule has 106 valence electrons. The van der Waals surface area contributed by atoms with Gasteiger partial charge < -0.3 is 16.2 Å². The standard InChI is InChI=1S/C13H18N6O/c1-19(7-8-20-10-5-3-2-4-6-10)9-11-16-12(14)18-13(15)17-11/h2-6H,7-9H2,1H3,(H4,14,15,16,17,18). The van der Waals surface area contributed by atoms with Crippen LogP contribution in [0.25, 0.3) is 0 Å². The predicted octanol–water partition coefficient (Wildman–Crippen LogP) is 0.547. The Balaban J connectivity index is 1.79. The molecule has 0 amide bonds. The van der Waals surface area contributed by atoms with Gasteiger partial charge in [-0.05, 0) is 19.2 Å². The zero-order valence-corrected chi connectivity index (χ0v) is 11.4. The van der Waals surface area contributed by atoms with Crippen LogP contribution >= 0.6 is 0 Å². The highest BCUT2D eigenvalue weighted by Gasteiger charge is 2.06. The number of para-hydroxylation sites is 1. The van der Waals surface area contributed by atoms with E-state index in [0.29, 0.717) is 19.0 Å². The van der Waals surface area contributed by atoms with E-state index < -0.39 is 0 Å². The molecular formula is C13H18N6O. The van der Waals surface area contributed by atoms with E-state index in [1.165, 1.54) is 0 Å². The number of nitrogens with two attached hydrogens (primary N) is 2. The van der Waals surface area contributed by atoms with E-state index in [0.717, 1.165) is 12.3 Å². The van der Waals surface area contributed by atoms with Crippen molar-refractivity contribution in [2.45, 2.75) is 6.54 Å². The lowest BCUT2D eigenvalue weighted by molar-refractivity contribution is 0.230. The third-order valence-electron chi connectivity index (χ3n) is 2.61. The molecule has 7 nitrogen and oxygen atoms in total. The molecule has 0 aliphatic rings. The average Bonchev–Trinajstić information content (AvgIpc) is 2.38. The summed E-state index contributed by atoms with van der Waals surface area (Å²) >= 11 is 0. The SMILES string of the molecule is CN(CCOc1ccccc1)Cc1nc(N)nc(N)n1.